The highest BCUT2D eigenvalue weighted by Crippen LogP contribution is 2.18. The van der Waals surface area contributed by atoms with Crippen molar-refractivity contribution in [2.75, 3.05) is 46.2 Å². The van der Waals surface area contributed by atoms with Gasteiger partial charge in [0.2, 0.25) is 11.8 Å². The van der Waals surface area contributed by atoms with Gasteiger partial charge in [0.25, 0.3) is 0 Å². The number of nitrogens with zero attached hydrogens (tertiary/aromatic N) is 3. The smallest absolute Gasteiger partial charge is 0.227 e. The fourth-order valence-electron chi connectivity index (χ4n) is 2.58. The Balaban J connectivity index is 1.94. The number of ether oxygens (including phenoxy) is 2. The van der Waals surface area contributed by atoms with Crippen molar-refractivity contribution in [1.82, 2.24) is 9.97 Å². The van der Waals surface area contributed by atoms with Crippen LogP contribution < -0.4 is 19.9 Å². The molecule has 2 rings (SSSR count). The number of carboxylic acid groups (broad SMARTS) is 1. The Morgan fingerprint density at radius 3 is 2.41 bits per heavy atom. The molecular weight excluding hydrogens is 419 g/mol. The zero-order valence-corrected chi connectivity index (χ0v) is 18.0. The van der Waals surface area contributed by atoms with Gasteiger partial charge in [-0.05, 0) is 24.3 Å². The number of likely N-dealkylation sites (N-methyl/N-ethyl adjacent to an activating group) is 1. The summed E-state index contributed by atoms with van der Waals surface area (Å²) in [6.45, 7) is 1.05. The quantitative estimate of drug-likeness (QED) is 0.322. The maximum absolute atomic E-state index is 11.1. The van der Waals surface area contributed by atoms with Gasteiger partial charge in [-0.15, -0.1) is 0 Å². The molecule has 1 N–H and O–H groups in total. The van der Waals surface area contributed by atoms with Crippen molar-refractivity contribution in [3.63, 3.8) is 0 Å². The summed E-state index contributed by atoms with van der Waals surface area (Å²) in [5, 5.41) is 14.9. The van der Waals surface area contributed by atoms with Gasteiger partial charge in [-0.2, -0.15) is 4.98 Å². The number of carboxylic acids is 1. The molecule has 0 bridgehead atoms. The first kappa shape index (κ1) is 23.0. The number of aromatic nitrogens is 2. The highest BCUT2D eigenvalue weighted by atomic mass is 35.5. The molecule has 1 unspecified atom stereocenters. The van der Waals surface area contributed by atoms with Crippen molar-refractivity contribution in [1.29, 1.82) is 0 Å². The highest BCUT2D eigenvalue weighted by Gasteiger charge is 2.20. The third-order valence-corrected chi connectivity index (χ3v) is 4.05. The second kappa shape index (κ2) is 10.5. The average molecular weight is 443 g/mol. The Morgan fingerprint density at radius 2 is 1.79 bits per heavy atom. The number of carbonyl (C=O) groups is 1. The number of hydrogen-bond donors (Lipinski definition) is 1. The number of aliphatic carboxylic acids is 1. The zero-order valence-electron chi connectivity index (χ0n) is 16.5. The molecule has 0 spiro atoms. The number of quaternary nitrogens is 1. The lowest BCUT2D eigenvalue weighted by molar-refractivity contribution is -0.870. The summed E-state index contributed by atoms with van der Waals surface area (Å²) in [5.74, 6) is -0.0456. The third kappa shape index (κ3) is 9.17. The van der Waals surface area contributed by atoms with Crippen LogP contribution in [0.3, 0.4) is 0 Å². The van der Waals surface area contributed by atoms with Crippen LogP contribution in [0.5, 0.6) is 11.6 Å². The maximum atomic E-state index is 11.1. The van der Waals surface area contributed by atoms with Crippen LogP contribution in [0.1, 0.15) is 6.42 Å². The Bertz CT molecular complexity index is 813. The van der Waals surface area contributed by atoms with Crippen LogP contribution in [-0.2, 0) is 4.79 Å². The van der Waals surface area contributed by atoms with Crippen molar-refractivity contribution >= 4 is 35.1 Å². The lowest BCUT2D eigenvalue weighted by atomic mass is 10.2. The minimum Gasteiger partial charge on any atom is -0.550 e. The zero-order chi connectivity index (χ0) is 21.4. The van der Waals surface area contributed by atoms with E-state index in [-0.39, 0.29) is 30.0 Å². The molecule has 0 saturated heterocycles. The first-order valence-electron chi connectivity index (χ1n) is 8.93. The van der Waals surface area contributed by atoms with Gasteiger partial charge in [-0.1, -0.05) is 23.2 Å². The van der Waals surface area contributed by atoms with Gasteiger partial charge in [0.15, 0.2) is 0 Å². The molecule has 8 nitrogen and oxygen atoms in total. The molecule has 0 aliphatic heterocycles. The van der Waals surface area contributed by atoms with Gasteiger partial charge in [0.05, 0.1) is 33.7 Å². The number of carbonyl (C=O) groups excluding carboxylic acids is 1. The summed E-state index contributed by atoms with van der Waals surface area (Å²) in [4.78, 5) is 19.4. The van der Waals surface area contributed by atoms with E-state index in [4.69, 9.17) is 32.7 Å². The lowest BCUT2D eigenvalue weighted by Crippen LogP contribution is -2.46. The molecule has 1 atom stereocenters. The third-order valence-electron chi connectivity index (χ3n) is 3.60. The molecule has 0 amide bonds. The largest absolute Gasteiger partial charge is 0.550 e. The van der Waals surface area contributed by atoms with Crippen LogP contribution in [0.25, 0.3) is 0 Å². The van der Waals surface area contributed by atoms with E-state index in [1.807, 2.05) is 21.1 Å². The molecule has 1 aromatic carbocycles. The fraction of sp³-hybridized carbons (Fsp3) is 0.421. The van der Waals surface area contributed by atoms with Crippen molar-refractivity contribution in [2.45, 2.75) is 12.5 Å². The number of rotatable bonds is 11. The standard InChI is InChI=1S/C19H24Cl2N4O4/c1-25(2,3)12-14(10-18(26)27)22-19-23-16(21)11-17(24-19)29-9-8-28-15-6-4-13(20)5-7-15/h4-7,11,14H,8-10,12H2,1-3H3,(H-,22,23,24,26,27). The molecule has 2 aromatic rings. The highest BCUT2D eigenvalue weighted by molar-refractivity contribution is 6.30. The molecular formula is C19H24Cl2N4O4. The molecule has 10 heteroatoms. The molecule has 0 aliphatic carbocycles. The van der Waals surface area contributed by atoms with E-state index in [2.05, 4.69) is 15.3 Å². The van der Waals surface area contributed by atoms with E-state index in [1.165, 1.54) is 6.07 Å². The average Bonchev–Trinajstić information content (AvgIpc) is 2.57. The van der Waals surface area contributed by atoms with Crippen LogP contribution in [-0.4, -0.2) is 67.4 Å². The summed E-state index contributed by atoms with van der Waals surface area (Å²) < 4.78 is 11.7. The van der Waals surface area contributed by atoms with Crippen molar-refractivity contribution in [2.24, 2.45) is 0 Å². The first-order valence-corrected chi connectivity index (χ1v) is 9.69. The summed E-state index contributed by atoms with van der Waals surface area (Å²) in [5.41, 5.74) is 0. The molecule has 1 heterocycles. The molecule has 0 fully saturated rings. The van der Waals surface area contributed by atoms with Crippen molar-refractivity contribution in [3.05, 3.63) is 40.5 Å². The minimum absolute atomic E-state index is 0.175. The number of nitrogens with one attached hydrogen (secondary N) is 1. The van der Waals surface area contributed by atoms with Crippen LogP contribution in [0.15, 0.2) is 30.3 Å². The second-order valence-corrected chi connectivity index (χ2v) is 8.22. The maximum Gasteiger partial charge on any atom is 0.227 e. The molecule has 1 aromatic heterocycles. The Kier molecular flexibility index (Phi) is 8.31. The Hall–Kier alpha value is -2.29. The number of hydrogen-bond acceptors (Lipinski definition) is 7. The second-order valence-electron chi connectivity index (χ2n) is 7.39. The molecule has 0 radical (unpaired) electrons. The Labute approximate surface area is 180 Å². The fourth-order valence-corrected chi connectivity index (χ4v) is 2.88. The summed E-state index contributed by atoms with van der Waals surface area (Å²) in [6, 6.07) is 8.04. The van der Waals surface area contributed by atoms with E-state index in [0.29, 0.717) is 28.4 Å². The van der Waals surface area contributed by atoms with Crippen LogP contribution in [0.4, 0.5) is 5.95 Å². The molecule has 29 heavy (non-hydrogen) atoms. The lowest BCUT2D eigenvalue weighted by Gasteiger charge is -2.30. The number of anilines is 1. The minimum atomic E-state index is -1.16. The predicted octanol–water partition coefficient (Wildman–Crippen LogP) is 1.87. The molecule has 0 aliphatic rings. The topological polar surface area (TPSA) is 96.4 Å². The van der Waals surface area contributed by atoms with Crippen LogP contribution >= 0.6 is 23.2 Å². The van der Waals surface area contributed by atoms with Gasteiger partial charge in [-0.25, -0.2) is 4.98 Å². The van der Waals surface area contributed by atoms with E-state index in [9.17, 15) is 9.90 Å². The predicted molar refractivity (Wildman–Crippen MR) is 109 cm³/mol. The van der Waals surface area contributed by atoms with Gasteiger partial charge in [-0.3, -0.25) is 0 Å². The van der Waals surface area contributed by atoms with Gasteiger partial charge < -0.3 is 29.2 Å². The molecule has 158 valence electrons. The van der Waals surface area contributed by atoms with E-state index in [0.717, 1.165) is 0 Å². The van der Waals surface area contributed by atoms with E-state index >= 15 is 0 Å². The normalized spacial score (nSPS) is 12.3. The van der Waals surface area contributed by atoms with Gasteiger partial charge in [0.1, 0.15) is 24.1 Å². The van der Waals surface area contributed by atoms with Crippen molar-refractivity contribution in [3.8, 4) is 11.6 Å². The van der Waals surface area contributed by atoms with Crippen molar-refractivity contribution < 1.29 is 23.9 Å². The van der Waals surface area contributed by atoms with Crippen LogP contribution in [0.2, 0.25) is 10.2 Å². The van der Waals surface area contributed by atoms with Crippen LogP contribution in [0, 0.1) is 0 Å². The monoisotopic (exact) mass is 442 g/mol. The molecule has 0 saturated carbocycles. The Morgan fingerprint density at radius 1 is 1.14 bits per heavy atom. The summed E-state index contributed by atoms with van der Waals surface area (Å²) in [7, 11) is 5.87. The SMILES string of the molecule is C[N+](C)(C)CC(CC(=O)[O-])Nc1nc(Cl)cc(OCCOc2ccc(Cl)cc2)n1. The summed E-state index contributed by atoms with van der Waals surface area (Å²) >= 11 is 11.9. The van der Waals surface area contributed by atoms with E-state index < -0.39 is 12.0 Å². The number of benzene rings is 1. The van der Waals surface area contributed by atoms with Gasteiger partial charge >= 0.3 is 0 Å². The number of halogens is 2. The summed E-state index contributed by atoms with van der Waals surface area (Å²) in [6.07, 6.45) is -0.184. The first-order chi connectivity index (χ1) is 13.6. The van der Waals surface area contributed by atoms with Gasteiger partial charge in [0, 0.05) is 23.5 Å². The van der Waals surface area contributed by atoms with E-state index in [1.54, 1.807) is 24.3 Å².